The third-order valence-electron chi connectivity index (χ3n) is 4.59. The molecule has 3 unspecified atom stereocenters. The molecule has 0 amide bonds. The van der Waals surface area contributed by atoms with Crippen LogP contribution in [0, 0.1) is 18.7 Å². The summed E-state index contributed by atoms with van der Waals surface area (Å²) in [4.78, 5) is 0. The summed E-state index contributed by atoms with van der Waals surface area (Å²) in [6.45, 7) is 2.42. The first-order valence-corrected chi connectivity index (χ1v) is 8.42. The average Bonchev–Trinajstić information content (AvgIpc) is 2.89. The van der Waals surface area contributed by atoms with E-state index in [0.29, 0.717) is 17.7 Å². The van der Waals surface area contributed by atoms with E-state index in [1.165, 1.54) is 0 Å². The highest BCUT2D eigenvalue weighted by molar-refractivity contribution is 7.99. The van der Waals surface area contributed by atoms with Crippen molar-refractivity contribution in [3.05, 3.63) is 35.1 Å². The van der Waals surface area contributed by atoms with Gasteiger partial charge in [0.25, 0.3) is 0 Å². The van der Waals surface area contributed by atoms with E-state index in [1.54, 1.807) is 19.1 Å². The normalized spacial score (nSPS) is 31.6. The fourth-order valence-corrected chi connectivity index (χ4v) is 4.73. The molecule has 3 atom stereocenters. The summed E-state index contributed by atoms with van der Waals surface area (Å²) in [5, 5.41) is 10.6. The molecule has 0 bridgehead atoms. The Labute approximate surface area is 123 Å². The maximum atomic E-state index is 14.2. The first-order chi connectivity index (χ1) is 9.61. The van der Waals surface area contributed by atoms with Crippen molar-refractivity contribution in [3.63, 3.8) is 0 Å². The molecule has 0 aromatic heterocycles. The molecule has 2 heterocycles. The number of ether oxygens (including phenoxy) is 1. The van der Waals surface area contributed by atoms with Gasteiger partial charge in [0.1, 0.15) is 5.82 Å². The lowest BCUT2D eigenvalue weighted by atomic mass is 9.80. The Balaban J connectivity index is 1.79. The SMILES string of the molecule is Cc1cccc(C(O)C2CCOC3(CCSC3)C2)c1F. The Kier molecular flexibility index (Phi) is 4.07. The van der Waals surface area contributed by atoms with Gasteiger partial charge in [0.2, 0.25) is 0 Å². The molecular formula is C16H21FO2S. The molecule has 3 rings (SSSR count). The zero-order valence-corrected chi connectivity index (χ0v) is 12.6. The van der Waals surface area contributed by atoms with Crippen LogP contribution in [0.15, 0.2) is 18.2 Å². The van der Waals surface area contributed by atoms with E-state index in [9.17, 15) is 9.50 Å². The minimum Gasteiger partial charge on any atom is -0.388 e. The quantitative estimate of drug-likeness (QED) is 0.906. The molecule has 110 valence electrons. The van der Waals surface area contributed by atoms with Crippen molar-refractivity contribution in [2.45, 2.75) is 37.9 Å². The predicted molar refractivity (Wildman–Crippen MR) is 79.4 cm³/mol. The topological polar surface area (TPSA) is 29.5 Å². The molecule has 2 nitrogen and oxygen atoms in total. The van der Waals surface area contributed by atoms with Crippen molar-refractivity contribution >= 4 is 11.8 Å². The fraction of sp³-hybridized carbons (Fsp3) is 0.625. The molecule has 1 aromatic carbocycles. The van der Waals surface area contributed by atoms with Gasteiger partial charge in [-0.1, -0.05) is 18.2 Å². The highest BCUT2D eigenvalue weighted by Crippen LogP contribution is 2.44. The van der Waals surface area contributed by atoms with E-state index in [1.807, 2.05) is 17.8 Å². The van der Waals surface area contributed by atoms with Crippen LogP contribution in [-0.2, 0) is 4.74 Å². The Morgan fingerprint density at radius 3 is 3.10 bits per heavy atom. The van der Waals surface area contributed by atoms with Gasteiger partial charge in [0.05, 0.1) is 11.7 Å². The third kappa shape index (κ3) is 2.61. The second kappa shape index (κ2) is 5.66. The number of halogens is 1. The second-order valence-corrected chi connectivity index (χ2v) is 7.12. The molecule has 2 aliphatic heterocycles. The van der Waals surface area contributed by atoms with Crippen molar-refractivity contribution in [3.8, 4) is 0 Å². The van der Waals surface area contributed by atoms with Gasteiger partial charge in [-0.3, -0.25) is 0 Å². The van der Waals surface area contributed by atoms with Crippen LogP contribution in [0.4, 0.5) is 4.39 Å². The molecule has 1 N–H and O–H groups in total. The number of hydrogen-bond acceptors (Lipinski definition) is 3. The number of benzene rings is 1. The predicted octanol–water partition coefficient (Wildman–Crippen LogP) is 3.47. The zero-order chi connectivity index (χ0) is 14.2. The first-order valence-electron chi connectivity index (χ1n) is 7.26. The third-order valence-corrected chi connectivity index (χ3v) is 5.81. The molecule has 1 aromatic rings. The summed E-state index contributed by atoms with van der Waals surface area (Å²) >= 11 is 1.91. The van der Waals surface area contributed by atoms with E-state index < -0.39 is 6.10 Å². The van der Waals surface area contributed by atoms with Crippen molar-refractivity contribution in [2.24, 2.45) is 5.92 Å². The lowest BCUT2D eigenvalue weighted by Gasteiger charge is -2.39. The maximum absolute atomic E-state index is 14.2. The average molecular weight is 296 g/mol. The molecule has 2 saturated heterocycles. The van der Waals surface area contributed by atoms with Crippen LogP contribution in [0.2, 0.25) is 0 Å². The van der Waals surface area contributed by atoms with Gasteiger partial charge in [-0.15, -0.1) is 0 Å². The summed E-state index contributed by atoms with van der Waals surface area (Å²) in [5.74, 6) is 1.97. The number of aryl methyl sites for hydroxylation is 1. The van der Waals surface area contributed by atoms with Gasteiger partial charge in [-0.25, -0.2) is 4.39 Å². The minimum atomic E-state index is -0.721. The van der Waals surface area contributed by atoms with E-state index in [-0.39, 0.29) is 17.3 Å². The summed E-state index contributed by atoms with van der Waals surface area (Å²) in [6, 6.07) is 5.26. The van der Waals surface area contributed by atoms with Gasteiger partial charge in [0, 0.05) is 17.9 Å². The van der Waals surface area contributed by atoms with Crippen molar-refractivity contribution < 1.29 is 14.2 Å². The van der Waals surface area contributed by atoms with Gasteiger partial charge in [-0.2, -0.15) is 11.8 Å². The Bertz CT molecular complexity index is 485. The van der Waals surface area contributed by atoms with Crippen molar-refractivity contribution in [1.82, 2.24) is 0 Å². The van der Waals surface area contributed by atoms with Crippen LogP contribution < -0.4 is 0 Å². The van der Waals surface area contributed by atoms with Crippen LogP contribution >= 0.6 is 11.8 Å². The largest absolute Gasteiger partial charge is 0.388 e. The smallest absolute Gasteiger partial charge is 0.131 e. The van der Waals surface area contributed by atoms with Crippen LogP contribution in [0.1, 0.15) is 36.5 Å². The summed E-state index contributed by atoms with van der Waals surface area (Å²) in [6.07, 6.45) is 1.98. The summed E-state index contributed by atoms with van der Waals surface area (Å²) in [5.41, 5.74) is 0.965. The molecule has 1 spiro atoms. The van der Waals surface area contributed by atoms with Crippen LogP contribution in [-0.4, -0.2) is 28.8 Å². The highest BCUT2D eigenvalue weighted by atomic mass is 32.2. The standard InChI is InChI=1S/C16H21FO2S/c1-11-3-2-4-13(14(11)17)15(18)12-5-7-19-16(9-12)6-8-20-10-16/h2-4,12,15,18H,5-10H2,1H3. The maximum Gasteiger partial charge on any atom is 0.131 e. The van der Waals surface area contributed by atoms with E-state index in [2.05, 4.69) is 0 Å². The van der Waals surface area contributed by atoms with Gasteiger partial charge in [-0.05, 0) is 43.4 Å². The summed E-state index contributed by atoms with van der Waals surface area (Å²) in [7, 11) is 0. The molecule has 0 saturated carbocycles. The lowest BCUT2D eigenvalue weighted by molar-refractivity contribution is -0.102. The first kappa shape index (κ1) is 14.4. The fourth-order valence-electron chi connectivity index (χ4n) is 3.35. The summed E-state index contributed by atoms with van der Waals surface area (Å²) < 4.78 is 20.2. The van der Waals surface area contributed by atoms with Crippen LogP contribution in [0.3, 0.4) is 0 Å². The van der Waals surface area contributed by atoms with Gasteiger partial charge in [0.15, 0.2) is 0 Å². The number of aliphatic hydroxyl groups is 1. The van der Waals surface area contributed by atoms with E-state index >= 15 is 0 Å². The molecule has 2 aliphatic rings. The number of aliphatic hydroxyl groups excluding tert-OH is 1. The van der Waals surface area contributed by atoms with Crippen LogP contribution in [0.25, 0.3) is 0 Å². The number of hydrogen-bond donors (Lipinski definition) is 1. The molecule has 4 heteroatoms. The van der Waals surface area contributed by atoms with Gasteiger partial charge < -0.3 is 9.84 Å². The van der Waals surface area contributed by atoms with Gasteiger partial charge >= 0.3 is 0 Å². The highest BCUT2D eigenvalue weighted by Gasteiger charge is 2.42. The number of rotatable bonds is 2. The van der Waals surface area contributed by atoms with Crippen molar-refractivity contribution in [2.75, 3.05) is 18.1 Å². The monoisotopic (exact) mass is 296 g/mol. The van der Waals surface area contributed by atoms with Crippen molar-refractivity contribution in [1.29, 1.82) is 0 Å². The molecule has 0 radical (unpaired) electrons. The molecular weight excluding hydrogens is 275 g/mol. The van der Waals surface area contributed by atoms with E-state index in [0.717, 1.165) is 30.8 Å². The zero-order valence-electron chi connectivity index (χ0n) is 11.8. The Morgan fingerprint density at radius 1 is 1.50 bits per heavy atom. The molecule has 20 heavy (non-hydrogen) atoms. The van der Waals surface area contributed by atoms with E-state index in [4.69, 9.17) is 4.74 Å². The minimum absolute atomic E-state index is 0.0745. The lowest BCUT2D eigenvalue weighted by Crippen LogP contribution is -2.41. The Morgan fingerprint density at radius 2 is 2.35 bits per heavy atom. The molecule has 2 fully saturated rings. The Hall–Kier alpha value is -0.580. The van der Waals surface area contributed by atoms with Crippen LogP contribution in [0.5, 0.6) is 0 Å². The number of thioether (sulfide) groups is 1. The second-order valence-electron chi connectivity index (χ2n) is 6.01. The molecule has 0 aliphatic carbocycles.